The number of hydrogen-bond donors (Lipinski definition) is 0. The first-order chi connectivity index (χ1) is 13.8. The van der Waals surface area contributed by atoms with Crippen LogP contribution in [0.15, 0.2) is 48.9 Å². The molecule has 3 heterocycles. The van der Waals surface area contributed by atoms with Crippen LogP contribution in [0.5, 0.6) is 0 Å². The van der Waals surface area contributed by atoms with Gasteiger partial charge in [0.15, 0.2) is 11.4 Å². The van der Waals surface area contributed by atoms with Crippen LogP contribution >= 0.6 is 0 Å². The highest BCUT2D eigenvalue weighted by Gasteiger charge is 2.33. The van der Waals surface area contributed by atoms with Crippen molar-refractivity contribution in [2.45, 2.75) is 19.0 Å². The number of amides is 1. The minimum atomic E-state index is -4.51. The van der Waals surface area contributed by atoms with Crippen molar-refractivity contribution >= 4 is 17.3 Å². The Morgan fingerprint density at radius 2 is 2.00 bits per heavy atom. The van der Waals surface area contributed by atoms with Crippen molar-refractivity contribution in [3.8, 4) is 0 Å². The Kier molecular flexibility index (Phi) is 4.81. The van der Waals surface area contributed by atoms with Crippen molar-refractivity contribution in [3.63, 3.8) is 0 Å². The van der Waals surface area contributed by atoms with E-state index in [2.05, 4.69) is 10.1 Å². The molecule has 0 spiro atoms. The Labute approximate surface area is 164 Å². The van der Waals surface area contributed by atoms with E-state index in [-0.39, 0.29) is 23.8 Å². The number of hydrogen-bond acceptors (Lipinski definition) is 4. The number of Topliss-reactive ketones (excluding diaryl/α,β-unsaturated/α-hetero) is 1. The van der Waals surface area contributed by atoms with Crippen molar-refractivity contribution in [2.24, 2.45) is 5.92 Å². The van der Waals surface area contributed by atoms with Gasteiger partial charge in [-0.2, -0.15) is 18.3 Å². The van der Waals surface area contributed by atoms with Crippen molar-refractivity contribution in [1.29, 1.82) is 0 Å². The van der Waals surface area contributed by atoms with Gasteiger partial charge in [-0.25, -0.2) is 9.50 Å². The topological polar surface area (TPSA) is 67.6 Å². The van der Waals surface area contributed by atoms with Gasteiger partial charge in [0, 0.05) is 37.0 Å². The fourth-order valence-electron chi connectivity index (χ4n) is 3.61. The number of halogens is 3. The van der Waals surface area contributed by atoms with Gasteiger partial charge >= 0.3 is 6.18 Å². The number of fused-ring (bicyclic) bond motifs is 1. The summed E-state index contributed by atoms with van der Waals surface area (Å²) >= 11 is 0. The van der Waals surface area contributed by atoms with E-state index in [4.69, 9.17) is 0 Å². The zero-order valence-corrected chi connectivity index (χ0v) is 15.3. The van der Waals surface area contributed by atoms with E-state index in [1.807, 2.05) is 0 Å². The smallest absolute Gasteiger partial charge is 0.338 e. The van der Waals surface area contributed by atoms with Crippen LogP contribution in [0.2, 0.25) is 0 Å². The van der Waals surface area contributed by atoms with Gasteiger partial charge in [0.25, 0.3) is 5.91 Å². The lowest BCUT2D eigenvalue weighted by Gasteiger charge is -2.32. The number of alkyl halides is 3. The fraction of sp³-hybridized carbons (Fsp3) is 0.300. The summed E-state index contributed by atoms with van der Waals surface area (Å²) in [6.45, 7) is 0.619. The van der Waals surface area contributed by atoms with E-state index < -0.39 is 17.7 Å². The number of ketones is 1. The van der Waals surface area contributed by atoms with Crippen LogP contribution in [-0.2, 0) is 6.18 Å². The Bertz CT molecular complexity index is 1080. The Balaban J connectivity index is 1.54. The Morgan fingerprint density at radius 3 is 2.79 bits per heavy atom. The van der Waals surface area contributed by atoms with E-state index in [0.29, 0.717) is 30.6 Å². The molecular weight excluding hydrogens is 385 g/mol. The van der Waals surface area contributed by atoms with E-state index >= 15 is 0 Å². The summed E-state index contributed by atoms with van der Waals surface area (Å²) in [5.41, 5.74) is -0.0945. The molecule has 0 aliphatic carbocycles. The number of nitrogens with zero attached hydrogens (tertiary/aromatic N) is 4. The molecule has 2 aromatic heterocycles. The van der Waals surface area contributed by atoms with Gasteiger partial charge in [0.1, 0.15) is 5.56 Å². The maximum atomic E-state index is 12.9. The molecule has 0 saturated carbocycles. The standard InChI is InChI=1S/C20H17F3N4O2/c21-20(22,23)15-6-1-4-13(10-15)17(28)14-5-2-8-26(12-14)19(29)16-11-25-27-9-3-7-24-18(16)27/h1,3-4,6-7,9-11,14H,2,5,8,12H2. The maximum absolute atomic E-state index is 12.9. The molecule has 1 fully saturated rings. The number of benzene rings is 1. The van der Waals surface area contributed by atoms with Gasteiger partial charge in [0.2, 0.25) is 0 Å². The molecule has 1 saturated heterocycles. The van der Waals surface area contributed by atoms with Gasteiger partial charge in [-0.1, -0.05) is 12.1 Å². The van der Waals surface area contributed by atoms with Gasteiger partial charge in [-0.05, 0) is 31.0 Å². The first kappa shape index (κ1) is 19.1. The molecule has 4 rings (SSSR count). The summed E-state index contributed by atoms with van der Waals surface area (Å²) in [7, 11) is 0. The second kappa shape index (κ2) is 7.31. The molecule has 29 heavy (non-hydrogen) atoms. The number of piperidine rings is 1. The van der Waals surface area contributed by atoms with E-state index in [1.165, 1.54) is 22.8 Å². The van der Waals surface area contributed by atoms with Gasteiger partial charge in [-0.3, -0.25) is 9.59 Å². The quantitative estimate of drug-likeness (QED) is 0.629. The van der Waals surface area contributed by atoms with Crippen molar-refractivity contribution in [2.75, 3.05) is 13.1 Å². The average molecular weight is 402 g/mol. The maximum Gasteiger partial charge on any atom is 0.416 e. The molecule has 1 aliphatic heterocycles. The normalized spacial score (nSPS) is 17.5. The largest absolute Gasteiger partial charge is 0.416 e. The van der Waals surface area contributed by atoms with Crippen LogP contribution in [0.25, 0.3) is 5.65 Å². The molecule has 1 aromatic carbocycles. The molecule has 1 atom stereocenters. The van der Waals surface area contributed by atoms with Crippen molar-refractivity contribution in [3.05, 3.63) is 65.6 Å². The third kappa shape index (κ3) is 3.72. The number of carbonyl (C=O) groups excluding carboxylic acids is 2. The summed E-state index contributed by atoms with van der Waals surface area (Å²) < 4.78 is 40.3. The van der Waals surface area contributed by atoms with Crippen molar-refractivity contribution in [1.82, 2.24) is 19.5 Å². The second-order valence-corrected chi connectivity index (χ2v) is 6.98. The van der Waals surface area contributed by atoms with Gasteiger partial charge in [-0.15, -0.1) is 0 Å². The zero-order valence-electron chi connectivity index (χ0n) is 15.3. The predicted octanol–water partition coefficient (Wildman–Crippen LogP) is 3.48. The molecule has 0 bridgehead atoms. The van der Waals surface area contributed by atoms with Gasteiger partial charge in [0.05, 0.1) is 11.8 Å². The molecule has 0 N–H and O–H groups in total. The van der Waals surface area contributed by atoms with Crippen LogP contribution in [0.3, 0.4) is 0 Å². The van der Waals surface area contributed by atoms with Crippen LogP contribution in [0.4, 0.5) is 13.2 Å². The van der Waals surface area contributed by atoms with E-state index in [1.54, 1.807) is 23.4 Å². The summed E-state index contributed by atoms with van der Waals surface area (Å²) in [5.74, 6) is -1.22. The summed E-state index contributed by atoms with van der Waals surface area (Å²) in [4.78, 5) is 31.5. The lowest BCUT2D eigenvalue weighted by Crippen LogP contribution is -2.42. The first-order valence-electron chi connectivity index (χ1n) is 9.13. The number of likely N-dealkylation sites (tertiary alicyclic amines) is 1. The Hall–Kier alpha value is -3.23. The lowest BCUT2D eigenvalue weighted by atomic mass is 9.89. The van der Waals surface area contributed by atoms with Gasteiger partial charge < -0.3 is 4.90 Å². The lowest BCUT2D eigenvalue weighted by molar-refractivity contribution is -0.137. The highest BCUT2D eigenvalue weighted by atomic mass is 19.4. The highest BCUT2D eigenvalue weighted by molar-refractivity contribution is 6.01. The summed E-state index contributed by atoms with van der Waals surface area (Å²) in [6.07, 6.45) is 1.27. The van der Waals surface area contributed by atoms with Crippen LogP contribution in [0, 0.1) is 5.92 Å². The Morgan fingerprint density at radius 1 is 1.17 bits per heavy atom. The number of rotatable bonds is 3. The van der Waals surface area contributed by atoms with Crippen LogP contribution in [-0.4, -0.2) is 44.3 Å². The third-order valence-corrected chi connectivity index (χ3v) is 5.06. The minimum Gasteiger partial charge on any atom is -0.338 e. The van der Waals surface area contributed by atoms with E-state index in [0.717, 1.165) is 12.1 Å². The SMILES string of the molecule is O=C(c1cccc(C(F)(F)F)c1)C1CCCN(C(=O)c2cnn3cccnc23)C1. The predicted molar refractivity (Wildman–Crippen MR) is 97.4 cm³/mol. The number of carbonyl (C=O) groups is 2. The summed E-state index contributed by atoms with van der Waals surface area (Å²) in [5, 5.41) is 4.10. The molecule has 6 nitrogen and oxygen atoms in total. The molecule has 0 radical (unpaired) electrons. The molecule has 3 aromatic rings. The highest BCUT2D eigenvalue weighted by Crippen LogP contribution is 2.31. The summed E-state index contributed by atoms with van der Waals surface area (Å²) in [6, 6.07) is 6.11. The molecule has 1 unspecified atom stereocenters. The molecule has 9 heteroatoms. The second-order valence-electron chi connectivity index (χ2n) is 6.98. The zero-order chi connectivity index (χ0) is 20.6. The molecule has 1 aliphatic rings. The average Bonchev–Trinajstić information content (AvgIpc) is 3.16. The molecular formula is C20H17F3N4O2. The van der Waals surface area contributed by atoms with E-state index in [9.17, 15) is 22.8 Å². The monoisotopic (exact) mass is 402 g/mol. The minimum absolute atomic E-state index is 0.0109. The molecule has 1 amide bonds. The fourth-order valence-corrected chi connectivity index (χ4v) is 3.61. The van der Waals surface area contributed by atoms with Crippen molar-refractivity contribution < 1.29 is 22.8 Å². The third-order valence-electron chi connectivity index (χ3n) is 5.06. The molecule has 150 valence electrons. The van der Waals surface area contributed by atoms with Crippen LogP contribution in [0.1, 0.15) is 39.1 Å². The van der Waals surface area contributed by atoms with Crippen LogP contribution < -0.4 is 0 Å². The number of aromatic nitrogens is 3. The first-order valence-corrected chi connectivity index (χ1v) is 9.13.